The van der Waals surface area contributed by atoms with Gasteiger partial charge in [0.05, 0.1) is 11.9 Å². The van der Waals surface area contributed by atoms with Crippen molar-refractivity contribution < 1.29 is 24.2 Å². The third-order valence-electron chi connectivity index (χ3n) is 4.22. The Morgan fingerprint density at radius 1 is 1.21 bits per heavy atom. The van der Waals surface area contributed by atoms with Gasteiger partial charge in [-0.25, -0.2) is 0 Å². The van der Waals surface area contributed by atoms with Crippen LogP contribution in [0.15, 0.2) is 18.2 Å². The molecule has 0 unspecified atom stereocenters. The lowest BCUT2D eigenvalue weighted by Crippen LogP contribution is -2.29. The number of carboxylic acids is 1. The Morgan fingerprint density at radius 2 is 1.96 bits per heavy atom. The lowest BCUT2D eigenvalue weighted by Gasteiger charge is -2.11. The second-order valence-electron chi connectivity index (χ2n) is 6.65. The molecule has 0 radical (unpaired) electrons. The number of hydrogen-bond donors (Lipinski definition) is 4. The minimum Gasteiger partial charge on any atom is -0.480 e. The van der Waals surface area contributed by atoms with Crippen LogP contribution in [0.1, 0.15) is 42.5 Å². The van der Waals surface area contributed by atoms with Gasteiger partial charge in [0.2, 0.25) is 5.91 Å². The molecule has 0 atom stereocenters. The fraction of sp³-hybridized carbons (Fsp3) is 0.526. The highest BCUT2D eigenvalue weighted by Gasteiger charge is 2.15. The molecule has 1 aliphatic carbocycles. The van der Waals surface area contributed by atoms with E-state index in [1.807, 2.05) is 0 Å². The quantitative estimate of drug-likeness (QED) is 0.325. The van der Waals surface area contributed by atoms with Gasteiger partial charge in [0, 0.05) is 23.5 Å². The topological polar surface area (TPSA) is 131 Å². The molecule has 2 rings (SSSR count). The van der Waals surface area contributed by atoms with Crippen molar-refractivity contribution in [1.82, 2.24) is 5.32 Å². The standard InChI is InChI=1S/C19H27N3O5S/c20-14-8-13(19(26)21-11-18(24)25)9-15(10-14)22-17(23)12-28-7-3-6-27-16-4-1-2-5-16/h8-10,16H,1-7,11-12,20H2,(H,21,26)(H,22,23)(H,24,25). The molecular weight excluding hydrogens is 382 g/mol. The van der Waals surface area contributed by atoms with Gasteiger partial charge in [-0.1, -0.05) is 12.8 Å². The predicted octanol–water partition coefficient (Wildman–Crippen LogP) is 2.10. The molecule has 0 saturated heterocycles. The lowest BCUT2D eigenvalue weighted by atomic mass is 10.1. The van der Waals surface area contributed by atoms with Crippen molar-refractivity contribution in [3.63, 3.8) is 0 Å². The SMILES string of the molecule is Nc1cc(NC(=O)CSCCCOC2CCCC2)cc(C(=O)NCC(=O)O)c1. The fourth-order valence-corrected chi connectivity index (χ4v) is 3.66. The summed E-state index contributed by atoms with van der Waals surface area (Å²) < 4.78 is 5.79. The number of benzene rings is 1. The number of anilines is 2. The Bertz CT molecular complexity index is 692. The number of ether oxygens (including phenoxy) is 1. The number of rotatable bonds is 11. The normalized spacial score (nSPS) is 14.0. The Balaban J connectivity index is 1.70. The Hall–Kier alpha value is -2.26. The average Bonchev–Trinajstić information content (AvgIpc) is 3.15. The largest absolute Gasteiger partial charge is 0.480 e. The van der Waals surface area contributed by atoms with Gasteiger partial charge in [0.1, 0.15) is 6.54 Å². The molecule has 28 heavy (non-hydrogen) atoms. The minimum atomic E-state index is -1.14. The summed E-state index contributed by atoms with van der Waals surface area (Å²) >= 11 is 1.52. The summed E-state index contributed by atoms with van der Waals surface area (Å²) in [4.78, 5) is 34.6. The maximum absolute atomic E-state index is 12.1. The number of nitrogens with one attached hydrogen (secondary N) is 2. The Labute approximate surface area is 168 Å². The lowest BCUT2D eigenvalue weighted by molar-refractivity contribution is -0.135. The molecule has 0 heterocycles. The van der Waals surface area contributed by atoms with Crippen molar-refractivity contribution in [2.24, 2.45) is 0 Å². The molecule has 0 aliphatic heterocycles. The van der Waals surface area contributed by atoms with Crippen LogP contribution in [0.3, 0.4) is 0 Å². The monoisotopic (exact) mass is 409 g/mol. The van der Waals surface area contributed by atoms with E-state index < -0.39 is 18.4 Å². The smallest absolute Gasteiger partial charge is 0.322 e. The summed E-state index contributed by atoms with van der Waals surface area (Å²) in [7, 11) is 0. The summed E-state index contributed by atoms with van der Waals surface area (Å²) in [6.45, 7) is 0.236. The van der Waals surface area contributed by atoms with Gasteiger partial charge in [-0.2, -0.15) is 11.8 Å². The summed E-state index contributed by atoms with van der Waals surface area (Å²) in [6, 6.07) is 4.43. The average molecular weight is 410 g/mol. The fourth-order valence-electron chi connectivity index (χ4n) is 2.94. The van der Waals surface area contributed by atoms with E-state index in [1.54, 1.807) is 6.07 Å². The molecule has 1 fully saturated rings. The van der Waals surface area contributed by atoms with Crippen LogP contribution in [-0.2, 0) is 14.3 Å². The highest BCUT2D eigenvalue weighted by Crippen LogP contribution is 2.21. The number of thioether (sulfide) groups is 1. The molecule has 154 valence electrons. The van der Waals surface area contributed by atoms with E-state index in [-0.39, 0.29) is 11.5 Å². The first-order valence-electron chi connectivity index (χ1n) is 9.34. The van der Waals surface area contributed by atoms with Crippen molar-refractivity contribution in [2.75, 3.05) is 35.7 Å². The predicted molar refractivity (Wildman–Crippen MR) is 110 cm³/mol. The highest BCUT2D eigenvalue weighted by atomic mass is 32.2. The zero-order chi connectivity index (χ0) is 20.4. The van der Waals surface area contributed by atoms with Crippen LogP contribution in [-0.4, -0.2) is 53.7 Å². The van der Waals surface area contributed by atoms with Crippen molar-refractivity contribution >= 4 is 40.9 Å². The van der Waals surface area contributed by atoms with Crippen LogP contribution < -0.4 is 16.4 Å². The van der Waals surface area contributed by atoms with Gasteiger partial charge in [-0.3, -0.25) is 14.4 Å². The first-order valence-corrected chi connectivity index (χ1v) is 10.5. The summed E-state index contributed by atoms with van der Waals surface area (Å²) in [5.41, 5.74) is 6.66. The molecule has 1 aliphatic rings. The Morgan fingerprint density at radius 3 is 2.68 bits per heavy atom. The van der Waals surface area contributed by atoms with Gasteiger partial charge >= 0.3 is 5.97 Å². The second kappa shape index (κ2) is 11.6. The molecule has 1 aromatic rings. The summed E-state index contributed by atoms with van der Waals surface area (Å²) in [6.07, 6.45) is 6.15. The third-order valence-corrected chi connectivity index (χ3v) is 5.27. The van der Waals surface area contributed by atoms with E-state index in [0.29, 0.717) is 23.2 Å². The molecule has 9 heteroatoms. The zero-order valence-corrected chi connectivity index (χ0v) is 16.6. The van der Waals surface area contributed by atoms with Crippen molar-refractivity contribution in [3.05, 3.63) is 23.8 Å². The van der Waals surface area contributed by atoms with Gasteiger partial charge < -0.3 is 26.2 Å². The van der Waals surface area contributed by atoms with E-state index >= 15 is 0 Å². The van der Waals surface area contributed by atoms with Crippen LogP contribution >= 0.6 is 11.8 Å². The zero-order valence-electron chi connectivity index (χ0n) is 15.7. The number of nitrogen functional groups attached to an aromatic ring is 1. The Kier molecular flexibility index (Phi) is 9.09. The molecule has 5 N–H and O–H groups in total. The molecule has 2 amide bonds. The van der Waals surface area contributed by atoms with Crippen molar-refractivity contribution in [3.8, 4) is 0 Å². The van der Waals surface area contributed by atoms with Crippen LogP contribution in [0.4, 0.5) is 11.4 Å². The molecule has 1 saturated carbocycles. The summed E-state index contributed by atoms with van der Waals surface area (Å²) in [5, 5.41) is 13.6. The van der Waals surface area contributed by atoms with Crippen LogP contribution in [0.2, 0.25) is 0 Å². The van der Waals surface area contributed by atoms with E-state index in [1.165, 1.54) is 36.7 Å². The number of nitrogens with two attached hydrogens (primary N) is 1. The van der Waals surface area contributed by atoms with Crippen LogP contribution in [0, 0.1) is 0 Å². The number of amides is 2. The number of hydrogen-bond acceptors (Lipinski definition) is 6. The first-order chi connectivity index (χ1) is 13.4. The number of carbonyl (C=O) groups is 3. The highest BCUT2D eigenvalue weighted by molar-refractivity contribution is 7.99. The third kappa shape index (κ3) is 8.18. The maximum Gasteiger partial charge on any atom is 0.322 e. The van der Waals surface area contributed by atoms with E-state index in [9.17, 15) is 14.4 Å². The molecule has 0 spiro atoms. The van der Waals surface area contributed by atoms with Crippen LogP contribution in [0.5, 0.6) is 0 Å². The molecule has 0 bridgehead atoms. The molecule has 8 nitrogen and oxygen atoms in total. The number of carboxylic acid groups (broad SMARTS) is 1. The van der Waals surface area contributed by atoms with Crippen LogP contribution in [0.25, 0.3) is 0 Å². The van der Waals surface area contributed by atoms with E-state index in [0.717, 1.165) is 31.6 Å². The second-order valence-corrected chi connectivity index (χ2v) is 7.76. The van der Waals surface area contributed by atoms with Crippen molar-refractivity contribution in [2.45, 2.75) is 38.2 Å². The first kappa shape index (κ1) is 22.0. The van der Waals surface area contributed by atoms with Gasteiger partial charge in [0.15, 0.2) is 0 Å². The van der Waals surface area contributed by atoms with Gasteiger partial charge in [0.25, 0.3) is 5.91 Å². The molecule has 1 aromatic carbocycles. The van der Waals surface area contributed by atoms with E-state index in [4.69, 9.17) is 15.6 Å². The molecule has 0 aromatic heterocycles. The number of aliphatic carboxylic acids is 1. The summed E-state index contributed by atoms with van der Waals surface area (Å²) in [5.74, 6) is -0.777. The number of carbonyl (C=O) groups excluding carboxylic acids is 2. The van der Waals surface area contributed by atoms with E-state index in [2.05, 4.69) is 10.6 Å². The van der Waals surface area contributed by atoms with Crippen molar-refractivity contribution in [1.29, 1.82) is 0 Å². The molecular formula is C19H27N3O5S. The maximum atomic E-state index is 12.1. The van der Waals surface area contributed by atoms with Gasteiger partial charge in [-0.15, -0.1) is 0 Å². The van der Waals surface area contributed by atoms with Gasteiger partial charge in [-0.05, 0) is 43.2 Å². The minimum absolute atomic E-state index is 0.188.